The Balaban J connectivity index is 1.80. The van der Waals surface area contributed by atoms with Crippen LogP contribution in [0.5, 0.6) is 0 Å². The van der Waals surface area contributed by atoms with Crippen LogP contribution in [0.25, 0.3) is 0 Å². The summed E-state index contributed by atoms with van der Waals surface area (Å²) in [4.78, 5) is 0. The first-order valence-electron chi connectivity index (χ1n) is 10.1. The Hall–Kier alpha value is -0.0400. The smallest absolute Gasteiger partial charge is 0.00954 e. The third-order valence-electron chi connectivity index (χ3n) is 6.17. The van der Waals surface area contributed by atoms with Gasteiger partial charge in [-0.15, -0.1) is 0 Å². The average Bonchev–Trinajstić information content (AvgIpc) is 2.54. The van der Waals surface area contributed by atoms with Crippen molar-refractivity contribution in [3.8, 4) is 0 Å². The van der Waals surface area contributed by atoms with Gasteiger partial charge in [0.15, 0.2) is 0 Å². The number of hydrogen-bond acceptors (Lipinski definition) is 1. The van der Waals surface area contributed by atoms with E-state index in [0.29, 0.717) is 0 Å². The molecule has 0 aliphatic heterocycles. The Morgan fingerprint density at radius 2 is 1.67 bits per heavy atom. The van der Waals surface area contributed by atoms with Gasteiger partial charge in [-0.1, -0.05) is 65.2 Å². The molecule has 0 aromatic heterocycles. The zero-order chi connectivity index (χ0) is 14.9. The summed E-state index contributed by atoms with van der Waals surface area (Å²) in [6, 6.07) is 0.824. The van der Waals surface area contributed by atoms with E-state index in [-0.39, 0.29) is 0 Å². The molecule has 0 radical (unpaired) electrons. The molecule has 21 heavy (non-hydrogen) atoms. The largest absolute Gasteiger partial charge is 0.314 e. The second kappa shape index (κ2) is 9.87. The highest BCUT2D eigenvalue weighted by Gasteiger charge is 2.34. The molecule has 0 aromatic carbocycles. The van der Waals surface area contributed by atoms with Crippen LogP contribution in [-0.4, -0.2) is 12.6 Å². The molecule has 0 aromatic rings. The first-order valence-corrected chi connectivity index (χ1v) is 10.1. The second-order valence-electron chi connectivity index (χ2n) is 7.79. The third-order valence-corrected chi connectivity index (χ3v) is 6.17. The van der Waals surface area contributed by atoms with E-state index >= 15 is 0 Å². The molecule has 1 N–H and O–H groups in total. The van der Waals surface area contributed by atoms with E-state index < -0.39 is 0 Å². The lowest BCUT2D eigenvalue weighted by Crippen LogP contribution is -2.41. The summed E-state index contributed by atoms with van der Waals surface area (Å²) in [6.07, 6.45) is 19.1. The Morgan fingerprint density at radius 1 is 0.857 bits per heavy atom. The van der Waals surface area contributed by atoms with Crippen LogP contribution in [0.4, 0.5) is 0 Å². The van der Waals surface area contributed by atoms with Crippen molar-refractivity contribution in [3.63, 3.8) is 0 Å². The molecule has 4 atom stereocenters. The molecule has 0 spiro atoms. The fourth-order valence-electron chi connectivity index (χ4n) is 4.90. The number of rotatable bonds is 9. The third kappa shape index (κ3) is 5.58. The molecule has 0 heterocycles. The maximum atomic E-state index is 3.91. The molecule has 124 valence electrons. The predicted octanol–water partition coefficient (Wildman–Crippen LogP) is 5.93. The lowest BCUT2D eigenvalue weighted by Gasteiger charge is -2.42. The van der Waals surface area contributed by atoms with Crippen molar-refractivity contribution in [3.05, 3.63) is 0 Å². The molecule has 2 aliphatic rings. The second-order valence-corrected chi connectivity index (χ2v) is 7.79. The zero-order valence-corrected chi connectivity index (χ0v) is 14.7. The molecule has 0 amide bonds. The predicted molar refractivity (Wildman–Crippen MR) is 93.6 cm³/mol. The monoisotopic (exact) mass is 293 g/mol. The summed E-state index contributed by atoms with van der Waals surface area (Å²) in [5.41, 5.74) is 0. The first-order chi connectivity index (χ1) is 10.3. The lowest BCUT2D eigenvalue weighted by molar-refractivity contribution is 0.106. The van der Waals surface area contributed by atoms with Gasteiger partial charge in [-0.2, -0.15) is 0 Å². The molecule has 1 heteroatoms. The fraction of sp³-hybridized carbons (Fsp3) is 1.00. The van der Waals surface area contributed by atoms with Crippen molar-refractivity contribution < 1.29 is 0 Å². The highest BCUT2D eigenvalue weighted by Crippen LogP contribution is 2.44. The van der Waals surface area contributed by atoms with Crippen molar-refractivity contribution in [1.82, 2.24) is 5.32 Å². The van der Waals surface area contributed by atoms with E-state index in [2.05, 4.69) is 19.2 Å². The zero-order valence-electron chi connectivity index (χ0n) is 14.7. The van der Waals surface area contributed by atoms with Crippen molar-refractivity contribution >= 4 is 0 Å². The molecule has 2 aliphatic carbocycles. The van der Waals surface area contributed by atoms with Crippen LogP contribution >= 0.6 is 0 Å². The highest BCUT2D eigenvalue weighted by atomic mass is 14.9. The summed E-state index contributed by atoms with van der Waals surface area (Å²) in [7, 11) is 0. The Bertz CT molecular complexity index is 263. The number of fused-ring (bicyclic) bond motifs is 1. The van der Waals surface area contributed by atoms with Crippen molar-refractivity contribution in [2.75, 3.05) is 6.54 Å². The van der Waals surface area contributed by atoms with E-state index in [1.54, 1.807) is 12.8 Å². The molecule has 2 fully saturated rings. The Kier molecular flexibility index (Phi) is 8.14. The van der Waals surface area contributed by atoms with Crippen LogP contribution in [0.2, 0.25) is 0 Å². The fourth-order valence-corrected chi connectivity index (χ4v) is 4.90. The van der Waals surface area contributed by atoms with Gasteiger partial charge in [-0.3, -0.25) is 0 Å². The first kappa shape index (κ1) is 17.3. The van der Waals surface area contributed by atoms with Crippen molar-refractivity contribution in [1.29, 1.82) is 0 Å². The van der Waals surface area contributed by atoms with Gasteiger partial charge in [0.25, 0.3) is 0 Å². The van der Waals surface area contributed by atoms with Gasteiger partial charge in [-0.25, -0.2) is 0 Å². The van der Waals surface area contributed by atoms with Crippen LogP contribution in [0.15, 0.2) is 0 Å². The average molecular weight is 294 g/mol. The Labute approximate surface area is 133 Å². The number of nitrogens with one attached hydrogen (secondary N) is 1. The van der Waals surface area contributed by atoms with E-state index in [4.69, 9.17) is 0 Å². The van der Waals surface area contributed by atoms with Crippen LogP contribution in [0, 0.1) is 17.8 Å². The summed E-state index contributed by atoms with van der Waals surface area (Å²) in [6.45, 7) is 5.85. The van der Waals surface area contributed by atoms with Gasteiger partial charge in [0, 0.05) is 6.04 Å². The van der Waals surface area contributed by atoms with E-state index in [1.807, 2.05) is 0 Å². The van der Waals surface area contributed by atoms with Crippen LogP contribution in [0.1, 0.15) is 97.3 Å². The lowest BCUT2D eigenvalue weighted by atomic mass is 9.65. The van der Waals surface area contributed by atoms with Crippen LogP contribution in [0.3, 0.4) is 0 Å². The molecule has 0 saturated heterocycles. The minimum atomic E-state index is 0.824. The van der Waals surface area contributed by atoms with Gasteiger partial charge in [0.1, 0.15) is 0 Å². The number of hydrogen-bond donors (Lipinski definition) is 1. The van der Waals surface area contributed by atoms with Gasteiger partial charge in [-0.05, 0) is 56.4 Å². The summed E-state index contributed by atoms with van der Waals surface area (Å²) in [5, 5.41) is 3.91. The Morgan fingerprint density at radius 3 is 2.43 bits per heavy atom. The summed E-state index contributed by atoms with van der Waals surface area (Å²) >= 11 is 0. The molecule has 1 nitrogen and oxygen atoms in total. The summed E-state index contributed by atoms with van der Waals surface area (Å²) < 4.78 is 0. The van der Waals surface area contributed by atoms with E-state index in [1.165, 1.54) is 77.2 Å². The molecule has 0 bridgehead atoms. The maximum absolute atomic E-state index is 3.91. The van der Waals surface area contributed by atoms with Crippen molar-refractivity contribution in [2.45, 2.75) is 103 Å². The molecule has 4 unspecified atom stereocenters. The van der Waals surface area contributed by atoms with Gasteiger partial charge in [0.2, 0.25) is 0 Å². The molecular formula is C20H39N. The minimum absolute atomic E-state index is 0.824. The SMILES string of the molecule is CCCCCCC(NCCC)C1CCC2CCCCC2C1. The standard InChI is InChI=1S/C20H39N/c1-3-5-6-7-12-20(21-15-4-2)19-14-13-17-10-8-9-11-18(17)16-19/h17-21H,3-16H2,1-2H3. The molecular weight excluding hydrogens is 254 g/mol. The van der Waals surface area contributed by atoms with Gasteiger partial charge < -0.3 is 5.32 Å². The molecule has 2 saturated carbocycles. The highest BCUT2D eigenvalue weighted by molar-refractivity contribution is 4.88. The van der Waals surface area contributed by atoms with Gasteiger partial charge in [0.05, 0.1) is 0 Å². The van der Waals surface area contributed by atoms with Crippen LogP contribution in [-0.2, 0) is 0 Å². The topological polar surface area (TPSA) is 12.0 Å². The maximum Gasteiger partial charge on any atom is 0.00954 e. The van der Waals surface area contributed by atoms with E-state index in [9.17, 15) is 0 Å². The number of unbranched alkanes of at least 4 members (excludes halogenated alkanes) is 3. The van der Waals surface area contributed by atoms with Crippen LogP contribution < -0.4 is 5.32 Å². The minimum Gasteiger partial charge on any atom is -0.314 e. The van der Waals surface area contributed by atoms with E-state index in [0.717, 1.165) is 23.8 Å². The van der Waals surface area contributed by atoms with Gasteiger partial charge >= 0.3 is 0 Å². The summed E-state index contributed by atoms with van der Waals surface area (Å²) in [5.74, 6) is 3.17. The quantitative estimate of drug-likeness (QED) is 0.519. The molecule has 2 rings (SSSR count). The van der Waals surface area contributed by atoms with Crippen molar-refractivity contribution in [2.24, 2.45) is 17.8 Å². The normalized spacial score (nSPS) is 30.9.